The molecule has 1 aliphatic rings. The molecule has 2 N–H and O–H groups in total. The van der Waals surface area contributed by atoms with Gasteiger partial charge in [-0.1, -0.05) is 72.8 Å². The van der Waals surface area contributed by atoms with Crippen molar-refractivity contribution in [3.63, 3.8) is 0 Å². The van der Waals surface area contributed by atoms with Crippen molar-refractivity contribution in [3.05, 3.63) is 90.5 Å². The lowest BCUT2D eigenvalue weighted by Crippen LogP contribution is -2.43. The quantitative estimate of drug-likeness (QED) is 0.549. The van der Waals surface area contributed by atoms with Crippen LogP contribution in [0.3, 0.4) is 0 Å². The number of nitrogens with zero attached hydrogens (tertiary/aromatic N) is 1. The number of anilines is 1. The van der Waals surface area contributed by atoms with Crippen molar-refractivity contribution in [1.82, 2.24) is 10.2 Å². The molecule has 2 amide bonds. The first-order chi connectivity index (χ1) is 16.1. The highest BCUT2D eigenvalue weighted by atomic mass is 16.2. The molecule has 0 saturated carbocycles. The van der Waals surface area contributed by atoms with E-state index in [-0.39, 0.29) is 23.8 Å². The Hall–Kier alpha value is -3.44. The number of hydrogen-bond acceptors (Lipinski definition) is 3. The fourth-order valence-electron chi connectivity index (χ4n) is 4.29. The highest BCUT2D eigenvalue weighted by Crippen LogP contribution is 2.22. The highest BCUT2D eigenvalue weighted by Gasteiger charge is 2.26. The fraction of sp³-hybridized carbons (Fsp3) is 0.286. The summed E-state index contributed by atoms with van der Waals surface area (Å²) in [6.45, 7) is 3.87. The highest BCUT2D eigenvalue weighted by molar-refractivity contribution is 5.92. The number of carbonyl (C=O) groups excluding carboxylic acids is 2. The Bertz CT molecular complexity index is 1040. The maximum Gasteiger partial charge on any atom is 0.234 e. The molecule has 1 aliphatic heterocycles. The van der Waals surface area contributed by atoms with Gasteiger partial charge in [-0.3, -0.25) is 14.5 Å². The van der Waals surface area contributed by atoms with Gasteiger partial charge >= 0.3 is 0 Å². The van der Waals surface area contributed by atoms with Crippen LogP contribution in [0.5, 0.6) is 0 Å². The van der Waals surface area contributed by atoms with E-state index < -0.39 is 0 Å². The van der Waals surface area contributed by atoms with E-state index in [1.807, 2.05) is 55.5 Å². The molecule has 3 aromatic rings. The van der Waals surface area contributed by atoms with Gasteiger partial charge in [0.15, 0.2) is 0 Å². The number of piperidine rings is 1. The van der Waals surface area contributed by atoms with Crippen LogP contribution in [0.4, 0.5) is 5.69 Å². The molecule has 3 aromatic carbocycles. The summed E-state index contributed by atoms with van der Waals surface area (Å²) in [5.74, 6) is 0.0752. The van der Waals surface area contributed by atoms with E-state index in [0.29, 0.717) is 6.54 Å². The van der Waals surface area contributed by atoms with Crippen molar-refractivity contribution < 1.29 is 9.59 Å². The summed E-state index contributed by atoms with van der Waals surface area (Å²) < 4.78 is 0. The van der Waals surface area contributed by atoms with Crippen LogP contribution in [0.1, 0.15) is 31.4 Å². The Morgan fingerprint density at radius 3 is 2.06 bits per heavy atom. The van der Waals surface area contributed by atoms with E-state index >= 15 is 0 Å². The lowest BCUT2D eigenvalue weighted by atomic mass is 9.95. The van der Waals surface area contributed by atoms with Crippen LogP contribution in [0, 0.1) is 5.92 Å². The number of likely N-dealkylation sites (tertiary alicyclic amines) is 1. The van der Waals surface area contributed by atoms with E-state index in [9.17, 15) is 9.59 Å². The number of benzene rings is 3. The summed E-state index contributed by atoms with van der Waals surface area (Å²) in [6.07, 6.45) is 1.53. The third-order valence-electron chi connectivity index (χ3n) is 6.26. The van der Waals surface area contributed by atoms with Crippen molar-refractivity contribution in [2.45, 2.75) is 25.8 Å². The molecule has 0 unspecified atom stereocenters. The second-order valence-corrected chi connectivity index (χ2v) is 8.68. The third-order valence-corrected chi connectivity index (χ3v) is 6.26. The zero-order valence-electron chi connectivity index (χ0n) is 19.0. The summed E-state index contributed by atoms with van der Waals surface area (Å²) in [5.41, 5.74) is 4.26. The fourth-order valence-corrected chi connectivity index (χ4v) is 4.29. The Balaban J connectivity index is 1.22. The Kier molecular flexibility index (Phi) is 7.53. The summed E-state index contributed by atoms with van der Waals surface area (Å²) in [5, 5.41) is 6.10. The number of hydrogen-bond donors (Lipinski definition) is 2. The minimum absolute atomic E-state index is 0.00781. The zero-order valence-corrected chi connectivity index (χ0v) is 19.0. The van der Waals surface area contributed by atoms with Crippen LogP contribution in [0.15, 0.2) is 84.9 Å². The van der Waals surface area contributed by atoms with Gasteiger partial charge in [0.2, 0.25) is 11.8 Å². The first kappa shape index (κ1) is 22.7. The van der Waals surface area contributed by atoms with Crippen LogP contribution >= 0.6 is 0 Å². The number of carbonyl (C=O) groups is 2. The molecule has 1 fully saturated rings. The van der Waals surface area contributed by atoms with Crippen LogP contribution in [-0.4, -0.2) is 36.3 Å². The van der Waals surface area contributed by atoms with Gasteiger partial charge in [-0.25, -0.2) is 0 Å². The summed E-state index contributed by atoms with van der Waals surface area (Å²) >= 11 is 0. The van der Waals surface area contributed by atoms with Gasteiger partial charge in [0, 0.05) is 11.6 Å². The third kappa shape index (κ3) is 6.30. The minimum Gasteiger partial charge on any atom is -0.348 e. The van der Waals surface area contributed by atoms with Crippen LogP contribution in [-0.2, 0) is 9.59 Å². The SMILES string of the molecule is C[C@@H](NC(=O)CN1CCC(C(=O)Nc2ccccc2)CC1)c1ccc(-c2ccccc2)cc1. The van der Waals surface area contributed by atoms with E-state index in [4.69, 9.17) is 0 Å². The molecule has 1 saturated heterocycles. The topological polar surface area (TPSA) is 61.4 Å². The molecule has 0 radical (unpaired) electrons. The van der Waals surface area contributed by atoms with Crippen LogP contribution in [0.2, 0.25) is 0 Å². The maximum absolute atomic E-state index is 12.6. The molecule has 33 heavy (non-hydrogen) atoms. The van der Waals surface area contributed by atoms with Gasteiger partial charge in [-0.2, -0.15) is 0 Å². The monoisotopic (exact) mass is 441 g/mol. The Morgan fingerprint density at radius 2 is 1.42 bits per heavy atom. The van der Waals surface area contributed by atoms with Crippen molar-refractivity contribution in [3.8, 4) is 11.1 Å². The molecule has 5 nitrogen and oxygen atoms in total. The predicted octanol–water partition coefficient (Wildman–Crippen LogP) is 4.88. The average molecular weight is 442 g/mol. The van der Waals surface area contributed by atoms with Gasteiger partial charge in [-0.15, -0.1) is 0 Å². The molecular weight excluding hydrogens is 410 g/mol. The van der Waals surface area contributed by atoms with Crippen molar-refractivity contribution in [2.24, 2.45) is 5.92 Å². The molecule has 0 spiro atoms. The molecule has 1 heterocycles. The van der Waals surface area contributed by atoms with Gasteiger partial charge in [0.1, 0.15) is 0 Å². The van der Waals surface area contributed by atoms with E-state index in [2.05, 4.69) is 51.9 Å². The first-order valence-corrected chi connectivity index (χ1v) is 11.6. The molecule has 0 bridgehead atoms. The van der Waals surface area contributed by atoms with E-state index in [1.54, 1.807) is 0 Å². The number of para-hydroxylation sites is 1. The smallest absolute Gasteiger partial charge is 0.234 e. The van der Waals surface area contributed by atoms with Crippen molar-refractivity contribution >= 4 is 17.5 Å². The molecular formula is C28H31N3O2. The van der Waals surface area contributed by atoms with E-state index in [0.717, 1.165) is 42.7 Å². The van der Waals surface area contributed by atoms with Crippen molar-refractivity contribution in [2.75, 3.05) is 25.0 Å². The molecule has 1 atom stereocenters. The van der Waals surface area contributed by atoms with Crippen LogP contribution < -0.4 is 10.6 Å². The second-order valence-electron chi connectivity index (χ2n) is 8.68. The zero-order chi connectivity index (χ0) is 23.0. The predicted molar refractivity (Wildman–Crippen MR) is 133 cm³/mol. The number of nitrogens with one attached hydrogen (secondary N) is 2. The molecule has 0 aliphatic carbocycles. The normalized spacial score (nSPS) is 15.5. The molecule has 170 valence electrons. The Labute approximate surface area is 195 Å². The van der Waals surface area contributed by atoms with Gasteiger partial charge in [0.25, 0.3) is 0 Å². The van der Waals surface area contributed by atoms with Gasteiger partial charge in [-0.05, 0) is 61.7 Å². The summed E-state index contributed by atoms with van der Waals surface area (Å²) in [7, 11) is 0. The molecule has 4 rings (SSSR count). The first-order valence-electron chi connectivity index (χ1n) is 11.6. The largest absolute Gasteiger partial charge is 0.348 e. The Morgan fingerprint density at radius 1 is 0.848 bits per heavy atom. The average Bonchev–Trinajstić information content (AvgIpc) is 2.85. The molecule has 0 aromatic heterocycles. The van der Waals surface area contributed by atoms with Gasteiger partial charge < -0.3 is 10.6 Å². The summed E-state index contributed by atoms with van der Waals surface area (Å²) in [4.78, 5) is 27.2. The van der Waals surface area contributed by atoms with Crippen LogP contribution in [0.25, 0.3) is 11.1 Å². The minimum atomic E-state index is -0.0588. The van der Waals surface area contributed by atoms with Gasteiger partial charge in [0.05, 0.1) is 12.6 Å². The number of amides is 2. The summed E-state index contributed by atoms with van der Waals surface area (Å²) in [6, 6.07) is 28.1. The number of rotatable bonds is 7. The lowest BCUT2D eigenvalue weighted by molar-refractivity contribution is -0.124. The maximum atomic E-state index is 12.6. The molecule has 5 heteroatoms. The van der Waals surface area contributed by atoms with E-state index in [1.165, 1.54) is 5.56 Å². The lowest BCUT2D eigenvalue weighted by Gasteiger charge is -2.31. The van der Waals surface area contributed by atoms with Crippen molar-refractivity contribution in [1.29, 1.82) is 0 Å². The second kappa shape index (κ2) is 10.9. The standard InChI is InChI=1S/C28H31N3O2/c1-21(22-12-14-24(15-13-22)23-8-4-2-5-9-23)29-27(32)20-31-18-16-25(17-19-31)28(33)30-26-10-6-3-7-11-26/h2-15,21,25H,16-20H2,1H3,(H,29,32)(H,30,33)/t21-/m1/s1.